The van der Waals surface area contributed by atoms with E-state index in [0.29, 0.717) is 6.54 Å². The lowest BCUT2D eigenvalue weighted by atomic mass is 10.1. The predicted octanol–water partition coefficient (Wildman–Crippen LogP) is 0.424. The first kappa shape index (κ1) is 13.4. The van der Waals surface area contributed by atoms with Gasteiger partial charge in [0.2, 0.25) is 11.9 Å². The molecular weight excluding hydrogens is 222 g/mol. The molecule has 0 fully saturated rings. The van der Waals surface area contributed by atoms with Crippen LogP contribution in [0.5, 0.6) is 6.01 Å². The van der Waals surface area contributed by atoms with E-state index in [0.717, 1.165) is 0 Å². The SMILES string of the molecule is CC(C)Oc1nc(N)nc(NCC(C)(C)O)n1. The maximum absolute atomic E-state index is 9.57. The highest BCUT2D eigenvalue weighted by Crippen LogP contribution is 2.11. The van der Waals surface area contributed by atoms with Gasteiger partial charge in [0.1, 0.15) is 0 Å². The summed E-state index contributed by atoms with van der Waals surface area (Å²) in [5.41, 5.74) is 4.67. The summed E-state index contributed by atoms with van der Waals surface area (Å²) in [6, 6.07) is 0.172. The average molecular weight is 241 g/mol. The Morgan fingerprint density at radius 1 is 1.35 bits per heavy atom. The normalized spacial score (nSPS) is 11.6. The second-order valence-electron chi connectivity index (χ2n) is 4.63. The number of nitrogens with zero attached hydrogens (tertiary/aromatic N) is 3. The van der Waals surface area contributed by atoms with Crippen LogP contribution < -0.4 is 15.8 Å². The Kier molecular flexibility index (Phi) is 4.06. The van der Waals surface area contributed by atoms with Crippen molar-refractivity contribution in [1.29, 1.82) is 0 Å². The number of rotatable bonds is 5. The molecule has 7 heteroatoms. The van der Waals surface area contributed by atoms with Gasteiger partial charge in [0, 0.05) is 6.54 Å². The van der Waals surface area contributed by atoms with Crippen molar-refractivity contribution in [3.05, 3.63) is 0 Å². The van der Waals surface area contributed by atoms with Crippen molar-refractivity contribution in [3.63, 3.8) is 0 Å². The van der Waals surface area contributed by atoms with Gasteiger partial charge in [0.05, 0.1) is 11.7 Å². The minimum absolute atomic E-state index is 0.0427. The highest BCUT2D eigenvalue weighted by Gasteiger charge is 2.14. The van der Waals surface area contributed by atoms with E-state index in [9.17, 15) is 5.11 Å². The smallest absolute Gasteiger partial charge is 0.323 e. The number of aromatic nitrogens is 3. The summed E-state index contributed by atoms with van der Waals surface area (Å²) in [6.45, 7) is 7.39. The van der Waals surface area contributed by atoms with Crippen LogP contribution in [0.15, 0.2) is 0 Å². The van der Waals surface area contributed by atoms with Gasteiger partial charge in [-0.25, -0.2) is 0 Å². The van der Waals surface area contributed by atoms with E-state index in [2.05, 4.69) is 20.3 Å². The number of nitrogen functional groups attached to an aromatic ring is 1. The van der Waals surface area contributed by atoms with Gasteiger partial charge in [-0.3, -0.25) is 0 Å². The second-order valence-corrected chi connectivity index (χ2v) is 4.63. The van der Waals surface area contributed by atoms with Crippen molar-refractivity contribution in [2.45, 2.75) is 39.4 Å². The van der Waals surface area contributed by atoms with Crippen molar-refractivity contribution >= 4 is 11.9 Å². The molecule has 0 aliphatic rings. The van der Waals surface area contributed by atoms with Gasteiger partial charge in [-0.05, 0) is 27.7 Å². The van der Waals surface area contributed by atoms with Gasteiger partial charge >= 0.3 is 6.01 Å². The first-order chi connectivity index (χ1) is 7.76. The lowest BCUT2D eigenvalue weighted by Crippen LogP contribution is -2.30. The number of aliphatic hydroxyl groups is 1. The topological polar surface area (TPSA) is 106 Å². The monoisotopic (exact) mass is 241 g/mol. The van der Waals surface area contributed by atoms with Crippen LogP contribution >= 0.6 is 0 Å². The first-order valence-corrected chi connectivity index (χ1v) is 5.41. The molecule has 7 nitrogen and oxygen atoms in total. The van der Waals surface area contributed by atoms with Crippen LogP contribution in [0.4, 0.5) is 11.9 Å². The Balaban J connectivity index is 2.75. The van der Waals surface area contributed by atoms with Crippen LogP contribution in [-0.2, 0) is 0 Å². The van der Waals surface area contributed by atoms with Crippen molar-refractivity contribution in [3.8, 4) is 6.01 Å². The fraction of sp³-hybridized carbons (Fsp3) is 0.700. The summed E-state index contributed by atoms with van der Waals surface area (Å²) >= 11 is 0. The van der Waals surface area contributed by atoms with E-state index in [1.807, 2.05) is 13.8 Å². The highest BCUT2D eigenvalue weighted by atomic mass is 16.5. The standard InChI is InChI=1S/C10H19N5O2/c1-6(2)17-9-14-7(11)13-8(15-9)12-5-10(3,4)16/h6,16H,5H2,1-4H3,(H3,11,12,13,14,15). The van der Waals surface area contributed by atoms with Gasteiger partial charge in [-0.15, -0.1) is 0 Å². The summed E-state index contributed by atoms with van der Waals surface area (Å²) in [6.07, 6.45) is -0.0427. The third-order valence-corrected chi connectivity index (χ3v) is 1.65. The van der Waals surface area contributed by atoms with Crippen LogP contribution in [0.2, 0.25) is 0 Å². The summed E-state index contributed by atoms with van der Waals surface area (Å²) in [5.74, 6) is 0.365. The maximum Gasteiger partial charge on any atom is 0.323 e. The van der Waals surface area contributed by atoms with Crippen molar-refractivity contribution in [2.75, 3.05) is 17.6 Å². The van der Waals surface area contributed by atoms with Gasteiger partial charge in [0.25, 0.3) is 0 Å². The Morgan fingerprint density at radius 2 is 2.00 bits per heavy atom. The molecule has 0 radical (unpaired) electrons. The van der Waals surface area contributed by atoms with E-state index < -0.39 is 5.60 Å². The molecule has 1 rings (SSSR count). The molecule has 17 heavy (non-hydrogen) atoms. The molecular formula is C10H19N5O2. The maximum atomic E-state index is 9.57. The zero-order chi connectivity index (χ0) is 13.1. The summed E-state index contributed by atoms with van der Waals surface area (Å²) in [4.78, 5) is 11.8. The van der Waals surface area contributed by atoms with Gasteiger partial charge < -0.3 is 20.9 Å². The Hall–Kier alpha value is -1.63. The predicted molar refractivity (Wildman–Crippen MR) is 64.8 cm³/mol. The van der Waals surface area contributed by atoms with E-state index >= 15 is 0 Å². The van der Waals surface area contributed by atoms with E-state index in [1.54, 1.807) is 13.8 Å². The molecule has 0 saturated carbocycles. The zero-order valence-electron chi connectivity index (χ0n) is 10.6. The summed E-state index contributed by atoms with van der Waals surface area (Å²) in [7, 11) is 0. The lowest BCUT2D eigenvalue weighted by molar-refractivity contribution is 0.0942. The molecule has 0 amide bonds. The first-order valence-electron chi connectivity index (χ1n) is 5.41. The van der Waals surface area contributed by atoms with Crippen LogP contribution in [0, 0.1) is 0 Å². The molecule has 0 aliphatic heterocycles. The quantitative estimate of drug-likeness (QED) is 0.686. The minimum Gasteiger partial charge on any atom is -0.461 e. The molecule has 0 saturated heterocycles. The van der Waals surface area contributed by atoms with E-state index in [4.69, 9.17) is 10.5 Å². The van der Waals surface area contributed by atoms with Gasteiger partial charge in [-0.2, -0.15) is 15.0 Å². The molecule has 1 heterocycles. The van der Waals surface area contributed by atoms with Crippen molar-refractivity contribution in [2.24, 2.45) is 0 Å². The molecule has 0 aliphatic carbocycles. The van der Waals surface area contributed by atoms with Crippen molar-refractivity contribution < 1.29 is 9.84 Å². The van der Waals surface area contributed by atoms with Gasteiger partial charge in [-0.1, -0.05) is 0 Å². The van der Waals surface area contributed by atoms with Crippen LogP contribution in [0.25, 0.3) is 0 Å². The Bertz CT molecular complexity index is 375. The van der Waals surface area contributed by atoms with E-state index in [-0.39, 0.29) is 24.0 Å². The molecule has 0 bridgehead atoms. The third-order valence-electron chi connectivity index (χ3n) is 1.65. The largest absolute Gasteiger partial charge is 0.461 e. The minimum atomic E-state index is -0.861. The molecule has 0 atom stereocenters. The fourth-order valence-electron chi connectivity index (χ4n) is 1.01. The number of hydrogen-bond acceptors (Lipinski definition) is 7. The molecule has 0 unspecified atom stereocenters. The number of nitrogens with two attached hydrogens (primary N) is 1. The van der Waals surface area contributed by atoms with Crippen LogP contribution in [0.3, 0.4) is 0 Å². The molecule has 0 spiro atoms. The van der Waals surface area contributed by atoms with Crippen LogP contribution in [-0.4, -0.2) is 38.3 Å². The zero-order valence-corrected chi connectivity index (χ0v) is 10.6. The number of nitrogens with one attached hydrogen (secondary N) is 1. The highest BCUT2D eigenvalue weighted by molar-refractivity contribution is 5.32. The summed E-state index contributed by atoms with van der Waals surface area (Å²) < 4.78 is 5.32. The average Bonchev–Trinajstić information content (AvgIpc) is 2.11. The second kappa shape index (κ2) is 5.13. The van der Waals surface area contributed by atoms with Crippen LogP contribution in [0.1, 0.15) is 27.7 Å². The molecule has 0 aromatic carbocycles. The van der Waals surface area contributed by atoms with Gasteiger partial charge in [0.15, 0.2) is 0 Å². The lowest BCUT2D eigenvalue weighted by Gasteiger charge is -2.17. The molecule has 4 N–H and O–H groups in total. The molecule has 1 aromatic heterocycles. The molecule has 96 valence electrons. The Labute approximate surface area is 100 Å². The molecule has 1 aromatic rings. The van der Waals surface area contributed by atoms with Crippen molar-refractivity contribution in [1.82, 2.24) is 15.0 Å². The number of ether oxygens (including phenoxy) is 1. The Morgan fingerprint density at radius 3 is 2.53 bits per heavy atom. The summed E-state index contributed by atoms with van der Waals surface area (Å²) in [5, 5.41) is 12.4. The number of hydrogen-bond donors (Lipinski definition) is 3. The van der Waals surface area contributed by atoms with E-state index in [1.165, 1.54) is 0 Å². The number of anilines is 2. The third kappa shape index (κ3) is 5.30. The fourth-order valence-corrected chi connectivity index (χ4v) is 1.01.